The first-order chi connectivity index (χ1) is 8.13. The third kappa shape index (κ3) is 5.33. The van der Waals surface area contributed by atoms with Crippen LogP contribution >= 0.6 is 0 Å². The van der Waals surface area contributed by atoms with Crippen molar-refractivity contribution >= 4 is 5.97 Å². The Morgan fingerprint density at radius 1 is 1.59 bits per heavy atom. The van der Waals surface area contributed by atoms with E-state index in [0.717, 1.165) is 19.3 Å². The summed E-state index contributed by atoms with van der Waals surface area (Å²) in [5.74, 6) is -0.338. The number of ether oxygens (including phenoxy) is 2. The first-order valence-electron chi connectivity index (χ1n) is 6.29. The van der Waals surface area contributed by atoms with Crippen LogP contribution in [0.2, 0.25) is 0 Å². The number of aliphatic hydroxyl groups excluding tert-OH is 1. The quantitative estimate of drug-likeness (QED) is 0.573. The van der Waals surface area contributed by atoms with Crippen molar-refractivity contribution in [1.29, 1.82) is 0 Å². The lowest BCUT2D eigenvalue weighted by molar-refractivity contribution is -0.135. The minimum absolute atomic E-state index is 0.163. The topological polar surface area (TPSA) is 55.8 Å². The van der Waals surface area contributed by atoms with Crippen molar-refractivity contribution in [2.24, 2.45) is 0 Å². The highest BCUT2D eigenvalue weighted by molar-refractivity contribution is 5.66. The molecule has 1 fully saturated rings. The Morgan fingerprint density at radius 3 is 3.00 bits per heavy atom. The molecule has 1 rings (SSSR count). The molecule has 0 saturated carbocycles. The van der Waals surface area contributed by atoms with E-state index >= 15 is 0 Å². The fourth-order valence-corrected chi connectivity index (χ4v) is 1.98. The maximum atomic E-state index is 10.5. The minimum Gasteiger partial charge on any atom is -0.435 e. The largest absolute Gasteiger partial charge is 0.435 e. The third-order valence-electron chi connectivity index (χ3n) is 2.88. The molecule has 0 radical (unpaired) electrons. The normalized spacial score (nSPS) is 28.8. The van der Waals surface area contributed by atoms with Crippen molar-refractivity contribution < 1.29 is 19.4 Å². The summed E-state index contributed by atoms with van der Waals surface area (Å²) in [6.07, 6.45) is 7.27. The van der Waals surface area contributed by atoms with Gasteiger partial charge in [0.15, 0.2) is 0 Å². The fraction of sp³-hybridized carbons (Fsp3) is 0.769. The van der Waals surface area contributed by atoms with Gasteiger partial charge in [-0.25, -0.2) is 0 Å². The van der Waals surface area contributed by atoms with Crippen LogP contribution in [-0.4, -0.2) is 29.4 Å². The molecule has 0 aliphatic carbocycles. The van der Waals surface area contributed by atoms with Gasteiger partial charge < -0.3 is 14.6 Å². The molecule has 1 heterocycles. The summed E-state index contributed by atoms with van der Waals surface area (Å²) in [6.45, 7) is 3.50. The maximum Gasteiger partial charge on any atom is 0.307 e. The van der Waals surface area contributed by atoms with Crippen LogP contribution < -0.4 is 0 Å². The smallest absolute Gasteiger partial charge is 0.307 e. The third-order valence-corrected chi connectivity index (χ3v) is 2.88. The highest BCUT2D eigenvalue weighted by Gasteiger charge is 2.32. The van der Waals surface area contributed by atoms with Gasteiger partial charge in [0.2, 0.25) is 0 Å². The average Bonchev–Trinajstić information content (AvgIpc) is 2.62. The van der Waals surface area contributed by atoms with Crippen LogP contribution in [0.5, 0.6) is 0 Å². The Morgan fingerprint density at radius 2 is 2.35 bits per heavy atom. The Hall–Kier alpha value is -0.870. The molecular formula is C13H22O4. The van der Waals surface area contributed by atoms with Gasteiger partial charge in [0.25, 0.3) is 0 Å². The van der Waals surface area contributed by atoms with Crippen molar-refractivity contribution in [1.82, 2.24) is 0 Å². The van der Waals surface area contributed by atoms with Gasteiger partial charge in [0.05, 0.1) is 24.6 Å². The molecule has 0 aromatic rings. The van der Waals surface area contributed by atoms with Gasteiger partial charge >= 0.3 is 5.97 Å². The van der Waals surface area contributed by atoms with Gasteiger partial charge in [-0.05, 0) is 18.9 Å². The van der Waals surface area contributed by atoms with Crippen LogP contribution in [0.3, 0.4) is 0 Å². The van der Waals surface area contributed by atoms with Gasteiger partial charge in [-0.1, -0.05) is 19.8 Å². The molecule has 1 aliphatic rings. The lowest BCUT2D eigenvalue weighted by Crippen LogP contribution is -2.19. The molecule has 1 saturated heterocycles. The van der Waals surface area contributed by atoms with Gasteiger partial charge in [0, 0.05) is 13.3 Å². The molecule has 0 aromatic carbocycles. The van der Waals surface area contributed by atoms with E-state index in [1.54, 1.807) is 6.08 Å². The van der Waals surface area contributed by atoms with Crippen molar-refractivity contribution in [3.63, 3.8) is 0 Å². The maximum absolute atomic E-state index is 10.5. The van der Waals surface area contributed by atoms with Gasteiger partial charge in [-0.3, -0.25) is 4.79 Å². The summed E-state index contributed by atoms with van der Waals surface area (Å²) in [5, 5.41) is 9.80. The molecule has 98 valence electrons. The van der Waals surface area contributed by atoms with Crippen LogP contribution in [0.25, 0.3) is 0 Å². The SMILES string of the molecule is CCCC[C@H]1C[C@@H](O)[C@H](C/C=C/OC(C)=O)O1. The summed E-state index contributed by atoms with van der Waals surface area (Å²) in [7, 11) is 0. The van der Waals surface area contributed by atoms with Crippen LogP contribution in [0, 0.1) is 0 Å². The number of carbonyl (C=O) groups is 1. The van der Waals surface area contributed by atoms with Crippen LogP contribution in [-0.2, 0) is 14.3 Å². The molecule has 17 heavy (non-hydrogen) atoms. The number of hydrogen-bond acceptors (Lipinski definition) is 4. The summed E-state index contributed by atoms with van der Waals surface area (Å²) in [6, 6.07) is 0. The number of aliphatic hydroxyl groups is 1. The fourth-order valence-electron chi connectivity index (χ4n) is 1.98. The minimum atomic E-state index is -0.404. The molecule has 3 atom stereocenters. The second-order valence-corrected chi connectivity index (χ2v) is 4.46. The van der Waals surface area contributed by atoms with Gasteiger partial charge in [-0.15, -0.1) is 0 Å². The standard InChI is InChI=1S/C13H22O4/c1-3-4-6-11-9-12(15)13(17-11)7-5-8-16-10(2)14/h5,8,11-13,15H,3-4,6-7,9H2,1-2H3/b8-5+/t11-,12+,13-/m0/s1. The number of unbranched alkanes of at least 4 members (excludes halogenated alkanes) is 1. The van der Waals surface area contributed by atoms with Crippen molar-refractivity contribution in [2.75, 3.05) is 0 Å². The van der Waals surface area contributed by atoms with E-state index in [-0.39, 0.29) is 18.2 Å². The summed E-state index contributed by atoms with van der Waals surface area (Å²) in [5.41, 5.74) is 0. The number of hydrogen-bond donors (Lipinski definition) is 1. The predicted molar refractivity (Wildman–Crippen MR) is 64.3 cm³/mol. The lowest BCUT2D eigenvalue weighted by atomic mass is 10.1. The lowest BCUT2D eigenvalue weighted by Gasteiger charge is -2.12. The molecule has 0 unspecified atom stereocenters. The first kappa shape index (κ1) is 14.2. The van der Waals surface area contributed by atoms with E-state index < -0.39 is 6.10 Å². The average molecular weight is 242 g/mol. The number of esters is 1. The summed E-state index contributed by atoms with van der Waals surface area (Å²) < 4.78 is 10.4. The number of carbonyl (C=O) groups excluding carboxylic acids is 1. The molecule has 1 aliphatic heterocycles. The highest BCUT2D eigenvalue weighted by atomic mass is 16.5. The Bertz CT molecular complexity index is 262. The predicted octanol–water partition coefficient (Wildman–Crippen LogP) is 2.16. The van der Waals surface area contributed by atoms with E-state index in [1.165, 1.54) is 13.2 Å². The zero-order valence-electron chi connectivity index (χ0n) is 10.6. The molecular weight excluding hydrogens is 220 g/mol. The van der Waals surface area contributed by atoms with E-state index in [0.29, 0.717) is 12.8 Å². The Kier molecular flexibility index (Phi) is 6.22. The van der Waals surface area contributed by atoms with Gasteiger partial charge in [0.1, 0.15) is 0 Å². The second-order valence-electron chi connectivity index (χ2n) is 4.46. The highest BCUT2D eigenvalue weighted by Crippen LogP contribution is 2.26. The van der Waals surface area contributed by atoms with Crippen LogP contribution in [0.1, 0.15) is 46.0 Å². The zero-order valence-corrected chi connectivity index (χ0v) is 10.6. The molecule has 0 bridgehead atoms. The molecule has 4 heteroatoms. The molecule has 0 amide bonds. The Labute approximate surface area is 103 Å². The molecule has 0 aromatic heterocycles. The summed E-state index contributed by atoms with van der Waals surface area (Å²) in [4.78, 5) is 10.5. The van der Waals surface area contributed by atoms with Crippen molar-refractivity contribution in [3.8, 4) is 0 Å². The summed E-state index contributed by atoms with van der Waals surface area (Å²) >= 11 is 0. The van der Waals surface area contributed by atoms with E-state index in [1.807, 2.05) is 0 Å². The van der Waals surface area contributed by atoms with Crippen LogP contribution in [0.15, 0.2) is 12.3 Å². The molecule has 0 spiro atoms. The van der Waals surface area contributed by atoms with E-state index in [2.05, 4.69) is 11.7 Å². The zero-order chi connectivity index (χ0) is 12.7. The first-order valence-corrected chi connectivity index (χ1v) is 6.29. The van der Waals surface area contributed by atoms with E-state index in [9.17, 15) is 9.90 Å². The van der Waals surface area contributed by atoms with Crippen LogP contribution in [0.4, 0.5) is 0 Å². The Balaban J connectivity index is 2.25. The molecule has 1 N–H and O–H groups in total. The van der Waals surface area contributed by atoms with Crippen molar-refractivity contribution in [3.05, 3.63) is 12.3 Å². The monoisotopic (exact) mass is 242 g/mol. The number of rotatable bonds is 6. The van der Waals surface area contributed by atoms with E-state index in [4.69, 9.17) is 4.74 Å². The second kappa shape index (κ2) is 7.45. The molecule has 4 nitrogen and oxygen atoms in total. The van der Waals surface area contributed by atoms with Gasteiger partial charge in [-0.2, -0.15) is 0 Å². The van der Waals surface area contributed by atoms with Crippen molar-refractivity contribution in [2.45, 2.75) is 64.3 Å².